The molecule has 8 heterocycles. The molecule has 3 aliphatic carbocycles. The first-order chi connectivity index (χ1) is 62.7. The first kappa shape index (κ1) is 101. The SMILES string of the molecule is CCCNC(=O)c1c(F)c(Cl)cc(C(C)c2nc(C)c3c(N)nccn23)c1OC(C)C.Cc1nc(C(C)c2cc(Cl)c(F)c(C(=O)NC3(C)CC(C)C3)c2OC(C)C)n2ccnc(N)c12.Cc1nc(C(C)c2cc(Cl)c(F)c(C(=O)NC3(C)CCC(C)CC3)c2OC(C)C)n2ccnc(N)c12.Cc1nc(C(C)c2cc(Cl)c(F)c(C(=O)NCC3CC3)c2OC(C)C)n2ccnc(N)c12. The van der Waals surface area contributed by atoms with Gasteiger partial charge in [0.05, 0.1) is 67.3 Å². The van der Waals surface area contributed by atoms with Gasteiger partial charge in [-0.15, -0.1) is 0 Å². The number of aryl methyl sites for hydroxylation is 4. The number of hydrogen-bond acceptors (Lipinski definition) is 20. The Morgan fingerprint density at radius 2 is 0.684 bits per heavy atom. The summed E-state index contributed by atoms with van der Waals surface area (Å²) in [7, 11) is 0. The lowest BCUT2D eigenvalue weighted by atomic mass is 9.70. The molecule has 712 valence electrons. The summed E-state index contributed by atoms with van der Waals surface area (Å²) >= 11 is 25.2. The van der Waals surface area contributed by atoms with Gasteiger partial charge in [-0.2, -0.15) is 0 Å². The molecule has 4 unspecified atom stereocenters. The minimum Gasteiger partial charge on any atom is -0.490 e. The molecule has 8 aromatic heterocycles. The predicted molar refractivity (Wildman–Crippen MR) is 513 cm³/mol. The van der Waals surface area contributed by atoms with E-state index in [4.69, 9.17) is 103 Å². The molecule has 133 heavy (non-hydrogen) atoms. The maximum Gasteiger partial charge on any atom is 0.258 e. The Balaban J connectivity index is 0.000000160. The quantitative estimate of drug-likeness (QED) is 0.0233. The number of nitrogens with two attached hydrogens (primary N) is 4. The Morgan fingerprint density at radius 1 is 0.421 bits per heavy atom. The van der Waals surface area contributed by atoms with Crippen molar-refractivity contribution in [2.45, 2.75) is 262 Å². The second-order valence-corrected chi connectivity index (χ2v) is 38.5. The van der Waals surface area contributed by atoms with Crippen LogP contribution in [-0.4, -0.2) is 130 Å². The third-order valence-electron chi connectivity index (χ3n) is 24.3. The summed E-state index contributed by atoms with van der Waals surface area (Å²) in [5, 5.41) is 11.1. The summed E-state index contributed by atoms with van der Waals surface area (Å²) in [5.41, 5.74) is 30.7. The van der Waals surface area contributed by atoms with Gasteiger partial charge in [-0.1, -0.05) is 94.9 Å². The first-order valence-electron chi connectivity index (χ1n) is 45.0. The smallest absolute Gasteiger partial charge is 0.258 e. The van der Waals surface area contributed by atoms with E-state index >= 15 is 17.6 Å². The second kappa shape index (κ2) is 41.2. The highest BCUT2D eigenvalue weighted by molar-refractivity contribution is 6.32. The maximum atomic E-state index is 15.5. The van der Waals surface area contributed by atoms with Crippen LogP contribution in [0, 0.1) is 68.7 Å². The molecule has 0 aliphatic heterocycles. The number of nitrogen functional groups attached to an aromatic ring is 4. The monoisotopic (exact) mass is 1910 g/mol. The average molecular weight is 1910 g/mol. The number of ether oxygens (including phenoxy) is 4. The minimum atomic E-state index is -0.806. The Hall–Kier alpha value is -11.5. The van der Waals surface area contributed by atoms with E-state index in [2.05, 4.69) is 60.0 Å². The van der Waals surface area contributed by atoms with Crippen molar-refractivity contribution >= 4 is 115 Å². The van der Waals surface area contributed by atoms with Crippen molar-refractivity contribution in [3.05, 3.63) is 208 Å². The van der Waals surface area contributed by atoms with Crippen LogP contribution in [0.1, 0.15) is 309 Å². The van der Waals surface area contributed by atoms with Gasteiger partial charge in [0.2, 0.25) is 0 Å². The predicted octanol–water partition coefficient (Wildman–Crippen LogP) is 20.3. The van der Waals surface area contributed by atoms with Gasteiger partial charge >= 0.3 is 0 Å². The average Bonchev–Trinajstić information content (AvgIpc) is 1.61. The highest BCUT2D eigenvalue weighted by atomic mass is 35.5. The van der Waals surface area contributed by atoms with E-state index in [1.807, 2.05) is 149 Å². The fourth-order valence-electron chi connectivity index (χ4n) is 17.7. The summed E-state index contributed by atoms with van der Waals surface area (Å²) < 4.78 is 92.7. The van der Waals surface area contributed by atoms with Crippen LogP contribution < -0.4 is 63.1 Å². The summed E-state index contributed by atoms with van der Waals surface area (Å²) in [5.74, 6) is -0.493. The van der Waals surface area contributed by atoms with Crippen molar-refractivity contribution in [2.75, 3.05) is 36.0 Å². The standard InChI is InChI=1S/C27H35ClFN5O2.C25H31ClFN5O2.C23H27ClFN5O2.C22H27ClFN5O2/c1-14(2)36-23-18(16(4)25-32-17(5)22-24(30)31-11-12-34(22)25)13-19(28)21(29)20(23)26(35)33-27(6)9-7-15(3)8-10-27;1-12(2)34-21-16(14(4)23-30-15(5)20-22(28)29-7-8-32(20)23)9-17(26)19(27)18(21)24(33)31-25(6)10-13(3)11-25;1-11(2)32-20-15(9-16(24)18(25)17(20)23(31)28-10-14-5-6-14)12(3)22-29-13(4)19-21(26)27-7-8-30(19)22;1-6-7-27-22(30)16-17(24)15(23)10-14(19(16)31-11(2)3)12(4)21-28-13(5)18-20(25)26-8-9-29(18)21/h11-16H,7-10H2,1-6H3,(H2,30,31)(H,33,35);7-9,12-14H,10-11H2,1-6H3,(H2,28,29)(H,31,33);7-9,11-12,14H,5-6,10H2,1-4H3,(H2,26,27)(H,28,31);8-12H,6-7H2,1-5H3,(H2,25,26)(H,27,30). The van der Waals surface area contributed by atoms with Gasteiger partial charge in [0.25, 0.3) is 23.6 Å². The normalized spacial score (nSPS) is 17.5. The number of carbonyl (C=O) groups is 4. The Kier molecular flexibility index (Phi) is 31.1. The summed E-state index contributed by atoms with van der Waals surface area (Å²) in [6.45, 7) is 40.8. The molecule has 12 N–H and O–H groups in total. The van der Waals surface area contributed by atoms with Gasteiger partial charge < -0.3 is 63.1 Å². The summed E-state index contributed by atoms with van der Waals surface area (Å²) in [4.78, 5) is 88.2. The molecule has 4 aromatic carbocycles. The molecule has 3 fully saturated rings. The number of hydrogen-bond donors (Lipinski definition) is 8. The van der Waals surface area contributed by atoms with Crippen molar-refractivity contribution in [3.8, 4) is 23.0 Å². The van der Waals surface area contributed by atoms with Crippen LogP contribution in [0.4, 0.5) is 40.8 Å². The molecule has 36 heteroatoms. The highest BCUT2D eigenvalue weighted by Crippen LogP contribution is 2.47. The topological polar surface area (TPSA) is 378 Å². The molecule has 4 atom stereocenters. The van der Waals surface area contributed by atoms with Crippen LogP contribution >= 0.6 is 46.4 Å². The number of rotatable bonds is 26. The third kappa shape index (κ3) is 21.5. The van der Waals surface area contributed by atoms with E-state index in [9.17, 15) is 19.2 Å². The van der Waals surface area contributed by atoms with Gasteiger partial charge in [-0.25, -0.2) is 57.4 Å². The lowest BCUT2D eigenvalue weighted by molar-refractivity contribution is 0.0760. The van der Waals surface area contributed by atoms with E-state index in [0.717, 1.165) is 68.4 Å². The number of imidazole rings is 4. The van der Waals surface area contributed by atoms with Crippen LogP contribution in [0.25, 0.3) is 22.1 Å². The zero-order chi connectivity index (χ0) is 97.3. The number of halogens is 8. The molecule has 15 rings (SSSR count). The van der Waals surface area contributed by atoms with Crippen LogP contribution in [0.5, 0.6) is 23.0 Å². The van der Waals surface area contributed by atoms with E-state index in [1.165, 1.54) is 24.3 Å². The lowest BCUT2D eigenvalue weighted by Crippen LogP contribution is -2.54. The number of carbonyl (C=O) groups excluding carboxylic acids is 4. The molecular weight excluding hydrogens is 1790 g/mol. The molecule has 0 bridgehead atoms. The van der Waals surface area contributed by atoms with Gasteiger partial charge in [0.15, 0.2) is 23.3 Å². The van der Waals surface area contributed by atoms with E-state index in [-0.39, 0.29) is 113 Å². The highest BCUT2D eigenvalue weighted by Gasteiger charge is 2.43. The van der Waals surface area contributed by atoms with Gasteiger partial charge in [0, 0.05) is 120 Å². The van der Waals surface area contributed by atoms with Crippen LogP contribution in [0.3, 0.4) is 0 Å². The van der Waals surface area contributed by atoms with Crippen molar-refractivity contribution in [3.63, 3.8) is 0 Å². The van der Waals surface area contributed by atoms with Crippen molar-refractivity contribution < 1.29 is 55.7 Å². The molecular formula is C97H120Cl4F4N20O8. The van der Waals surface area contributed by atoms with Crippen LogP contribution in [0.15, 0.2) is 73.8 Å². The number of fused-ring (bicyclic) bond motifs is 4. The van der Waals surface area contributed by atoms with E-state index in [1.54, 1.807) is 49.6 Å². The second-order valence-electron chi connectivity index (χ2n) is 36.9. The molecule has 0 spiro atoms. The lowest BCUT2D eigenvalue weighted by Gasteiger charge is -2.44. The summed E-state index contributed by atoms with van der Waals surface area (Å²) in [6, 6.07) is 6.06. The first-order valence-corrected chi connectivity index (χ1v) is 46.5. The number of nitrogens with one attached hydrogen (secondary N) is 4. The van der Waals surface area contributed by atoms with Gasteiger partial charge in [-0.3, -0.25) is 36.8 Å². The molecule has 3 aliphatic rings. The molecule has 0 radical (unpaired) electrons. The van der Waals surface area contributed by atoms with E-state index in [0.29, 0.717) is 134 Å². The largest absolute Gasteiger partial charge is 0.490 e. The van der Waals surface area contributed by atoms with Crippen molar-refractivity contribution in [1.82, 2.24) is 78.7 Å². The minimum absolute atomic E-state index is 0.140. The number of anilines is 4. The summed E-state index contributed by atoms with van der Waals surface area (Å²) in [6.07, 6.45) is 20.5. The molecule has 28 nitrogen and oxygen atoms in total. The maximum absolute atomic E-state index is 15.5. The van der Waals surface area contributed by atoms with Crippen molar-refractivity contribution in [2.24, 2.45) is 17.8 Å². The molecule has 0 saturated heterocycles. The van der Waals surface area contributed by atoms with Crippen LogP contribution in [0.2, 0.25) is 20.1 Å². The van der Waals surface area contributed by atoms with Crippen molar-refractivity contribution in [1.29, 1.82) is 0 Å². The molecule has 3 saturated carbocycles. The number of benzene rings is 4. The molecule has 4 amide bonds. The Morgan fingerprint density at radius 3 is 0.940 bits per heavy atom. The molecule has 12 aromatic rings. The number of aromatic nitrogens is 12. The third-order valence-corrected chi connectivity index (χ3v) is 25.4. The fourth-order valence-corrected chi connectivity index (χ4v) is 18.5. The zero-order valence-corrected chi connectivity index (χ0v) is 82.0. The van der Waals surface area contributed by atoms with Gasteiger partial charge in [0.1, 0.15) is 114 Å². The number of nitrogens with zero attached hydrogens (tertiary/aromatic N) is 12. The zero-order valence-electron chi connectivity index (χ0n) is 79.0. The number of amides is 4. The Labute approximate surface area is 791 Å². The van der Waals surface area contributed by atoms with Crippen LogP contribution in [-0.2, 0) is 0 Å². The Bertz CT molecular complexity index is 6400. The fraction of sp³-hybridized carbons (Fsp3) is 0.464. The van der Waals surface area contributed by atoms with E-state index < -0.39 is 58.4 Å². The van der Waals surface area contributed by atoms with Gasteiger partial charge in [-0.05, 0) is 197 Å².